The van der Waals surface area contributed by atoms with Gasteiger partial charge in [-0.1, -0.05) is 25.1 Å². The number of anilines is 1. The van der Waals surface area contributed by atoms with Crippen molar-refractivity contribution in [1.82, 2.24) is 10.3 Å². The number of aromatic nitrogens is 1. The van der Waals surface area contributed by atoms with Gasteiger partial charge in [0.1, 0.15) is 0 Å². The molecule has 1 amide bonds. The first-order chi connectivity index (χ1) is 9.79. The first kappa shape index (κ1) is 13.1. The van der Waals surface area contributed by atoms with Crippen molar-refractivity contribution in [3.63, 3.8) is 0 Å². The van der Waals surface area contributed by atoms with E-state index in [1.54, 1.807) is 6.20 Å². The van der Waals surface area contributed by atoms with Gasteiger partial charge in [-0.05, 0) is 31.5 Å². The lowest BCUT2D eigenvalue weighted by Gasteiger charge is -2.17. The van der Waals surface area contributed by atoms with E-state index >= 15 is 0 Å². The van der Waals surface area contributed by atoms with Crippen LogP contribution >= 0.6 is 0 Å². The minimum Gasteiger partial charge on any atom is -0.309 e. The van der Waals surface area contributed by atoms with Crippen LogP contribution in [0.2, 0.25) is 0 Å². The summed E-state index contributed by atoms with van der Waals surface area (Å²) in [5.41, 5.74) is 1.86. The molecule has 2 heterocycles. The molecule has 20 heavy (non-hydrogen) atoms. The third-order valence-electron chi connectivity index (χ3n) is 3.73. The Bertz CT molecular complexity index is 626. The van der Waals surface area contributed by atoms with Crippen LogP contribution < -0.4 is 10.2 Å². The van der Waals surface area contributed by atoms with Crippen molar-refractivity contribution >= 4 is 22.5 Å². The van der Waals surface area contributed by atoms with Crippen LogP contribution in [-0.2, 0) is 4.79 Å². The van der Waals surface area contributed by atoms with Crippen molar-refractivity contribution in [2.45, 2.75) is 25.8 Å². The minimum absolute atomic E-state index is 0.0404. The van der Waals surface area contributed by atoms with E-state index in [4.69, 9.17) is 0 Å². The Kier molecular flexibility index (Phi) is 3.65. The molecule has 4 nitrogen and oxygen atoms in total. The maximum atomic E-state index is 12.4. The number of hydrogen-bond donors (Lipinski definition) is 1. The lowest BCUT2D eigenvalue weighted by Crippen LogP contribution is -2.38. The molecule has 0 aliphatic carbocycles. The monoisotopic (exact) mass is 269 g/mol. The van der Waals surface area contributed by atoms with Gasteiger partial charge in [0.05, 0.1) is 23.4 Å². The van der Waals surface area contributed by atoms with Gasteiger partial charge < -0.3 is 10.2 Å². The first-order valence-electron chi connectivity index (χ1n) is 7.19. The zero-order valence-electron chi connectivity index (χ0n) is 11.7. The van der Waals surface area contributed by atoms with Crippen LogP contribution in [0.5, 0.6) is 0 Å². The molecule has 0 bridgehead atoms. The Labute approximate surface area is 118 Å². The molecule has 1 aromatic carbocycles. The lowest BCUT2D eigenvalue weighted by molar-refractivity contribution is -0.118. The topological polar surface area (TPSA) is 45.2 Å². The van der Waals surface area contributed by atoms with Crippen LogP contribution in [0.3, 0.4) is 0 Å². The molecule has 2 aromatic rings. The summed E-state index contributed by atoms with van der Waals surface area (Å²) in [6.07, 6.45) is 3.70. The first-order valence-corrected chi connectivity index (χ1v) is 7.19. The maximum absolute atomic E-state index is 12.4. The molecule has 0 radical (unpaired) electrons. The van der Waals surface area contributed by atoms with E-state index in [0.29, 0.717) is 0 Å². The van der Waals surface area contributed by atoms with Gasteiger partial charge in [-0.25, -0.2) is 0 Å². The molecular formula is C16H19N3O. The fourth-order valence-electron chi connectivity index (χ4n) is 2.65. The highest BCUT2D eigenvalue weighted by molar-refractivity contribution is 6.00. The van der Waals surface area contributed by atoms with Crippen LogP contribution in [0.25, 0.3) is 10.9 Å². The second-order valence-electron chi connectivity index (χ2n) is 5.17. The summed E-state index contributed by atoms with van der Waals surface area (Å²) in [4.78, 5) is 18.7. The summed E-state index contributed by atoms with van der Waals surface area (Å²) in [7, 11) is 0. The minimum atomic E-state index is -0.0404. The predicted octanol–water partition coefficient (Wildman–Crippen LogP) is 2.34. The molecule has 1 unspecified atom stereocenters. The Hall–Kier alpha value is -1.94. The molecule has 1 aliphatic heterocycles. The summed E-state index contributed by atoms with van der Waals surface area (Å²) >= 11 is 0. The standard InChI is InChI=1S/C16H19N3O/c1-2-8-17-15-7-9-19(16(15)20)13-10-12-5-3-4-6-14(12)18-11-13/h3-6,10-11,15,17H,2,7-9H2,1H3. The van der Waals surface area contributed by atoms with Gasteiger partial charge in [-0.3, -0.25) is 9.78 Å². The molecular weight excluding hydrogens is 250 g/mol. The Balaban J connectivity index is 1.83. The summed E-state index contributed by atoms with van der Waals surface area (Å²) in [6.45, 7) is 3.76. The number of benzene rings is 1. The third-order valence-corrected chi connectivity index (χ3v) is 3.73. The van der Waals surface area contributed by atoms with Crippen LogP contribution in [0.4, 0.5) is 5.69 Å². The van der Waals surface area contributed by atoms with E-state index in [0.717, 1.165) is 42.5 Å². The van der Waals surface area contributed by atoms with E-state index in [9.17, 15) is 4.79 Å². The maximum Gasteiger partial charge on any atom is 0.244 e. The highest BCUT2D eigenvalue weighted by Crippen LogP contribution is 2.24. The number of para-hydroxylation sites is 1. The van der Waals surface area contributed by atoms with Crippen molar-refractivity contribution < 1.29 is 4.79 Å². The Morgan fingerprint density at radius 3 is 3.10 bits per heavy atom. The van der Waals surface area contributed by atoms with E-state index in [1.807, 2.05) is 35.2 Å². The summed E-state index contributed by atoms with van der Waals surface area (Å²) in [6, 6.07) is 9.98. The molecule has 1 aliphatic rings. The number of pyridine rings is 1. The highest BCUT2D eigenvalue weighted by Gasteiger charge is 2.32. The quantitative estimate of drug-likeness (QED) is 0.926. The van der Waals surface area contributed by atoms with Crippen LogP contribution in [0.1, 0.15) is 19.8 Å². The average molecular weight is 269 g/mol. The van der Waals surface area contributed by atoms with Crippen molar-refractivity contribution in [1.29, 1.82) is 0 Å². The van der Waals surface area contributed by atoms with Crippen molar-refractivity contribution in [3.8, 4) is 0 Å². The lowest BCUT2D eigenvalue weighted by atomic mass is 10.2. The molecule has 1 N–H and O–H groups in total. The van der Waals surface area contributed by atoms with Crippen molar-refractivity contribution in [3.05, 3.63) is 36.5 Å². The predicted molar refractivity (Wildman–Crippen MR) is 80.8 cm³/mol. The molecule has 0 spiro atoms. The van der Waals surface area contributed by atoms with Crippen LogP contribution in [0, 0.1) is 0 Å². The van der Waals surface area contributed by atoms with E-state index < -0.39 is 0 Å². The van der Waals surface area contributed by atoms with Gasteiger partial charge in [0, 0.05) is 11.9 Å². The normalized spacial score (nSPS) is 18.9. The largest absolute Gasteiger partial charge is 0.309 e. The van der Waals surface area contributed by atoms with Gasteiger partial charge in [0.2, 0.25) is 5.91 Å². The number of amides is 1. The Morgan fingerprint density at radius 1 is 1.40 bits per heavy atom. The molecule has 1 saturated heterocycles. The number of carbonyl (C=O) groups is 1. The van der Waals surface area contributed by atoms with Crippen LogP contribution in [0.15, 0.2) is 36.5 Å². The van der Waals surface area contributed by atoms with Gasteiger partial charge in [-0.2, -0.15) is 0 Å². The number of fused-ring (bicyclic) bond motifs is 1. The van der Waals surface area contributed by atoms with Crippen molar-refractivity contribution in [2.75, 3.05) is 18.0 Å². The van der Waals surface area contributed by atoms with E-state index in [-0.39, 0.29) is 11.9 Å². The fourth-order valence-corrected chi connectivity index (χ4v) is 2.65. The van der Waals surface area contributed by atoms with Crippen LogP contribution in [-0.4, -0.2) is 30.0 Å². The zero-order chi connectivity index (χ0) is 13.9. The van der Waals surface area contributed by atoms with E-state index in [1.165, 1.54) is 0 Å². The van der Waals surface area contributed by atoms with Gasteiger partial charge in [-0.15, -0.1) is 0 Å². The fraction of sp³-hybridized carbons (Fsp3) is 0.375. The Morgan fingerprint density at radius 2 is 2.25 bits per heavy atom. The molecule has 0 saturated carbocycles. The summed E-state index contributed by atoms with van der Waals surface area (Å²) in [5.74, 6) is 0.163. The molecule has 104 valence electrons. The molecule has 1 atom stereocenters. The molecule has 1 fully saturated rings. The van der Waals surface area contributed by atoms with Gasteiger partial charge in [0.25, 0.3) is 0 Å². The molecule has 4 heteroatoms. The second kappa shape index (κ2) is 5.59. The van der Waals surface area contributed by atoms with E-state index in [2.05, 4.69) is 17.2 Å². The average Bonchev–Trinajstić information content (AvgIpc) is 2.85. The second-order valence-corrected chi connectivity index (χ2v) is 5.17. The summed E-state index contributed by atoms with van der Waals surface area (Å²) in [5, 5.41) is 4.38. The number of nitrogens with one attached hydrogen (secondary N) is 1. The third kappa shape index (κ3) is 2.39. The number of nitrogens with zero attached hydrogens (tertiary/aromatic N) is 2. The number of rotatable bonds is 4. The zero-order valence-corrected chi connectivity index (χ0v) is 11.7. The van der Waals surface area contributed by atoms with Gasteiger partial charge >= 0.3 is 0 Å². The van der Waals surface area contributed by atoms with Crippen molar-refractivity contribution in [2.24, 2.45) is 0 Å². The number of hydrogen-bond acceptors (Lipinski definition) is 3. The molecule has 3 rings (SSSR count). The highest BCUT2D eigenvalue weighted by atomic mass is 16.2. The van der Waals surface area contributed by atoms with Gasteiger partial charge in [0.15, 0.2) is 0 Å². The smallest absolute Gasteiger partial charge is 0.244 e. The SMILES string of the molecule is CCCNC1CCN(c2cnc3ccccc3c2)C1=O. The summed E-state index contributed by atoms with van der Waals surface area (Å²) < 4.78 is 0. The molecule has 1 aromatic heterocycles. The number of carbonyl (C=O) groups excluding carboxylic acids is 1.